The highest BCUT2D eigenvalue weighted by molar-refractivity contribution is 6.29. The molecule has 6 heteroatoms. The Bertz CT molecular complexity index is 699. The van der Waals surface area contributed by atoms with Crippen molar-refractivity contribution in [1.29, 1.82) is 0 Å². The maximum absolute atomic E-state index is 12.0. The minimum absolute atomic E-state index is 0.0272. The molecular weight excluding hydrogens is 314 g/mol. The van der Waals surface area contributed by atoms with Crippen LogP contribution in [-0.2, 0) is 11.3 Å². The highest BCUT2D eigenvalue weighted by atomic mass is 35.5. The second-order valence-electron chi connectivity index (χ2n) is 5.39. The van der Waals surface area contributed by atoms with Gasteiger partial charge in [-0.1, -0.05) is 37.6 Å². The van der Waals surface area contributed by atoms with Crippen LogP contribution in [0.3, 0.4) is 0 Å². The first-order valence-corrected chi connectivity index (χ1v) is 7.63. The standard InChI is InChI=1S/C17H18ClN3O2/c1-11(2)16(22)21-14-5-3-12(4-6-14)10-20-17(23)13-7-8-19-15(18)9-13/h3-9,11H,10H2,1-2H3,(H,20,23)(H,21,22). The van der Waals surface area contributed by atoms with Gasteiger partial charge in [0.15, 0.2) is 0 Å². The molecule has 0 aliphatic carbocycles. The van der Waals surface area contributed by atoms with Crippen molar-refractivity contribution in [3.63, 3.8) is 0 Å². The molecule has 0 aliphatic heterocycles. The molecule has 2 rings (SSSR count). The van der Waals surface area contributed by atoms with Gasteiger partial charge in [-0.2, -0.15) is 0 Å². The normalized spacial score (nSPS) is 10.4. The van der Waals surface area contributed by atoms with Crippen LogP contribution in [0.2, 0.25) is 5.15 Å². The lowest BCUT2D eigenvalue weighted by atomic mass is 10.1. The number of benzene rings is 1. The second kappa shape index (κ2) is 7.74. The van der Waals surface area contributed by atoms with Crippen molar-refractivity contribution in [3.05, 3.63) is 58.9 Å². The van der Waals surface area contributed by atoms with Crippen LogP contribution < -0.4 is 10.6 Å². The Balaban J connectivity index is 1.91. The molecule has 1 heterocycles. The van der Waals surface area contributed by atoms with Crippen molar-refractivity contribution in [2.75, 3.05) is 5.32 Å². The summed E-state index contributed by atoms with van der Waals surface area (Å²) >= 11 is 5.76. The van der Waals surface area contributed by atoms with E-state index >= 15 is 0 Å². The molecule has 2 amide bonds. The van der Waals surface area contributed by atoms with Crippen molar-refractivity contribution >= 4 is 29.1 Å². The van der Waals surface area contributed by atoms with E-state index in [1.807, 2.05) is 38.1 Å². The predicted molar refractivity (Wildman–Crippen MR) is 90.3 cm³/mol. The predicted octanol–water partition coefficient (Wildman–Crippen LogP) is 3.26. The van der Waals surface area contributed by atoms with Crippen molar-refractivity contribution in [1.82, 2.24) is 10.3 Å². The van der Waals surface area contributed by atoms with Crippen LogP contribution >= 0.6 is 11.6 Å². The lowest BCUT2D eigenvalue weighted by Crippen LogP contribution is -2.22. The first-order chi connectivity index (χ1) is 11.0. The summed E-state index contributed by atoms with van der Waals surface area (Å²) in [5.74, 6) is -0.312. The Morgan fingerprint density at radius 1 is 1.17 bits per heavy atom. The number of carbonyl (C=O) groups excluding carboxylic acids is 2. The molecule has 0 bridgehead atoms. The van der Waals surface area contributed by atoms with Crippen LogP contribution in [0.1, 0.15) is 29.8 Å². The van der Waals surface area contributed by atoms with E-state index in [4.69, 9.17) is 11.6 Å². The maximum Gasteiger partial charge on any atom is 0.251 e. The summed E-state index contributed by atoms with van der Waals surface area (Å²) in [7, 11) is 0. The molecule has 0 saturated carbocycles. The van der Waals surface area contributed by atoms with Gasteiger partial charge < -0.3 is 10.6 Å². The number of nitrogens with one attached hydrogen (secondary N) is 2. The molecule has 0 radical (unpaired) electrons. The average Bonchev–Trinajstić information content (AvgIpc) is 2.53. The SMILES string of the molecule is CC(C)C(=O)Nc1ccc(CNC(=O)c2ccnc(Cl)c2)cc1. The van der Waals surface area contributed by atoms with Gasteiger partial charge in [-0.05, 0) is 29.8 Å². The zero-order valence-corrected chi connectivity index (χ0v) is 13.7. The summed E-state index contributed by atoms with van der Waals surface area (Å²) in [6.45, 7) is 4.06. The van der Waals surface area contributed by atoms with Crippen LogP contribution in [0, 0.1) is 5.92 Å². The number of pyridine rings is 1. The number of anilines is 1. The van der Waals surface area contributed by atoms with Crippen molar-refractivity contribution in [2.45, 2.75) is 20.4 Å². The zero-order valence-electron chi connectivity index (χ0n) is 13.0. The Morgan fingerprint density at radius 2 is 1.87 bits per heavy atom. The molecule has 0 atom stereocenters. The van der Waals surface area contributed by atoms with E-state index in [1.54, 1.807) is 6.07 Å². The Kier molecular flexibility index (Phi) is 5.71. The zero-order chi connectivity index (χ0) is 16.8. The Morgan fingerprint density at radius 3 is 2.48 bits per heavy atom. The van der Waals surface area contributed by atoms with Gasteiger partial charge in [0, 0.05) is 29.9 Å². The van der Waals surface area contributed by atoms with E-state index in [2.05, 4.69) is 15.6 Å². The number of aromatic nitrogens is 1. The van der Waals surface area contributed by atoms with Crippen LogP contribution in [-0.4, -0.2) is 16.8 Å². The Hall–Kier alpha value is -2.40. The molecule has 0 unspecified atom stereocenters. The van der Waals surface area contributed by atoms with E-state index in [1.165, 1.54) is 12.3 Å². The van der Waals surface area contributed by atoms with E-state index in [0.29, 0.717) is 12.1 Å². The van der Waals surface area contributed by atoms with Crippen molar-refractivity contribution in [2.24, 2.45) is 5.92 Å². The fourth-order valence-corrected chi connectivity index (χ4v) is 1.99. The summed E-state index contributed by atoms with van der Waals surface area (Å²) in [6.07, 6.45) is 1.49. The summed E-state index contributed by atoms with van der Waals surface area (Å²) in [5.41, 5.74) is 2.13. The molecule has 1 aromatic carbocycles. The summed E-state index contributed by atoms with van der Waals surface area (Å²) < 4.78 is 0. The number of rotatable bonds is 5. The lowest BCUT2D eigenvalue weighted by Gasteiger charge is -2.09. The highest BCUT2D eigenvalue weighted by Gasteiger charge is 2.08. The quantitative estimate of drug-likeness (QED) is 0.826. The molecule has 23 heavy (non-hydrogen) atoms. The topological polar surface area (TPSA) is 71.1 Å². The van der Waals surface area contributed by atoms with Gasteiger partial charge in [-0.15, -0.1) is 0 Å². The third kappa shape index (κ3) is 5.07. The molecule has 0 fully saturated rings. The average molecular weight is 332 g/mol. The summed E-state index contributed by atoms with van der Waals surface area (Å²) in [5, 5.41) is 5.91. The third-order valence-electron chi connectivity index (χ3n) is 3.19. The Labute approximate surface area is 140 Å². The fourth-order valence-electron chi connectivity index (χ4n) is 1.82. The van der Waals surface area contributed by atoms with Gasteiger partial charge in [0.2, 0.25) is 5.91 Å². The number of nitrogens with zero attached hydrogens (tertiary/aromatic N) is 1. The number of carbonyl (C=O) groups is 2. The van der Waals surface area contributed by atoms with E-state index in [0.717, 1.165) is 11.3 Å². The molecular formula is C17H18ClN3O2. The molecule has 0 saturated heterocycles. The van der Waals surface area contributed by atoms with Crippen LogP contribution in [0.15, 0.2) is 42.6 Å². The van der Waals surface area contributed by atoms with E-state index < -0.39 is 0 Å². The van der Waals surface area contributed by atoms with Gasteiger partial charge in [-0.25, -0.2) is 4.98 Å². The maximum atomic E-state index is 12.0. The lowest BCUT2D eigenvalue weighted by molar-refractivity contribution is -0.118. The molecule has 5 nitrogen and oxygen atoms in total. The molecule has 0 aliphatic rings. The molecule has 0 spiro atoms. The molecule has 120 valence electrons. The summed E-state index contributed by atoms with van der Waals surface area (Å²) in [4.78, 5) is 27.5. The molecule has 2 N–H and O–H groups in total. The van der Waals surface area contributed by atoms with Crippen molar-refractivity contribution in [3.8, 4) is 0 Å². The van der Waals surface area contributed by atoms with Gasteiger partial charge in [0.25, 0.3) is 5.91 Å². The van der Waals surface area contributed by atoms with Crippen LogP contribution in [0.5, 0.6) is 0 Å². The fraction of sp³-hybridized carbons (Fsp3) is 0.235. The van der Waals surface area contributed by atoms with Gasteiger partial charge in [0.05, 0.1) is 0 Å². The van der Waals surface area contributed by atoms with Crippen LogP contribution in [0.4, 0.5) is 5.69 Å². The minimum Gasteiger partial charge on any atom is -0.348 e. The van der Waals surface area contributed by atoms with E-state index in [9.17, 15) is 9.59 Å². The van der Waals surface area contributed by atoms with Gasteiger partial charge in [0.1, 0.15) is 5.15 Å². The minimum atomic E-state index is -0.216. The van der Waals surface area contributed by atoms with Gasteiger partial charge >= 0.3 is 0 Å². The number of hydrogen-bond donors (Lipinski definition) is 2. The first kappa shape index (κ1) is 17.0. The number of hydrogen-bond acceptors (Lipinski definition) is 3. The highest BCUT2D eigenvalue weighted by Crippen LogP contribution is 2.11. The van der Waals surface area contributed by atoms with Crippen LogP contribution in [0.25, 0.3) is 0 Å². The molecule has 1 aromatic heterocycles. The second-order valence-corrected chi connectivity index (χ2v) is 5.78. The summed E-state index contributed by atoms with van der Waals surface area (Å²) in [6, 6.07) is 10.5. The largest absolute Gasteiger partial charge is 0.348 e. The smallest absolute Gasteiger partial charge is 0.251 e. The number of halogens is 1. The molecule has 2 aromatic rings. The van der Waals surface area contributed by atoms with Gasteiger partial charge in [-0.3, -0.25) is 9.59 Å². The van der Waals surface area contributed by atoms with Crippen molar-refractivity contribution < 1.29 is 9.59 Å². The number of amides is 2. The monoisotopic (exact) mass is 331 g/mol. The first-order valence-electron chi connectivity index (χ1n) is 7.25. The van der Waals surface area contributed by atoms with E-state index in [-0.39, 0.29) is 22.9 Å². The third-order valence-corrected chi connectivity index (χ3v) is 3.39.